The summed E-state index contributed by atoms with van der Waals surface area (Å²) in [6, 6.07) is 28.3. The molecule has 3 nitrogen and oxygen atoms in total. The van der Waals surface area contributed by atoms with Gasteiger partial charge in [0.05, 0.1) is 11.8 Å². The third-order valence-corrected chi connectivity index (χ3v) is 7.29. The van der Waals surface area contributed by atoms with Crippen LogP contribution in [0.4, 0.5) is 0 Å². The maximum Gasteiger partial charge on any atom is 0.198 e. The highest BCUT2D eigenvalue weighted by atomic mass is 16.5. The molecule has 0 radical (unpaired) electrons. The van der Waals surface area contributed by atoms with Crippen molar-refractivity contribution in [1.29, 1.82) is 0 Å². The summed E-state index contributed by atoms with van der Waals surface area (Å²) in [6.45, 7) is 2.36. The molecular formula is C28H28N2O. The Morgan fingerprint density at radius 3 is 2.23 bits per heavy atom. The Labute approximate surface area is 184 Å². The molecule has 1 saturated carbocycles. The van der Waals surface area contributed by atoms with Crippen molar-refractivity contribution in [3.63, 3.8) is 0 Å². The summed E-state index contributed by atoms with van der Waals surface area (Å²) in [4.78, 5) is 0. The SMILES string of the molecule is CC1CCC2(CC1)Oc1ccccc1C1CC(c3ccc(-c4ccccc4)cc3)=NN12. The average Bonchev–Trinajstić information content (AvgIpc) is 3.29. The minimum absolute atomic E-state index is 0.266. The Hall–Kier alpha value is -3.07. The number of rotatable bonds is 2. The first-order chi connectivity index (χ1) is 15.2. The van der Waals surface area contributed by atoms with Crippen LogP contribution in [0.2, 0.25) is 0 Å². The van der Waals surface area contributed by atoms with Crippen molar-refractivity contribution in [1.82, 2.24) is 5.01 Å². The lowest BCUT2D eigenvalue weighted by atomic mass is 9.82. The van der Waals surface area contributed by atoms with Crippen molar-refractivity contribution in [2.45, 2.75) is 50.8 Å². The Balaban J connectivity index is 1.35. The molecule has 1 spiro atoms. The molecule has 31 heavy (non-hydrogen) atoms. The van der Waals surface area contributed by atoms with Crippen LogP contribution in [0.15, 0.2) is 84.0 Å². The Bertz CT molecular complexity index is 1110. The number of hydrogen-bond acceptors (Lipinski definition) is 3. The van der Waals surface area contributed by atoms with E-state index in [4.69, 9.17) is 9.84 Å². The van der Waals surface area contributed by atoms with Gasteiger partial charge in [-0.15, -0.1) is 0 Å². The Kier molecular flexibility index (Phi) is 4.38. The zero-order valence-corrected chi connectivity index (χ0v) is 18.0. The number of ether oxygens (including phenoxy) is 1. The maximum absolute atomic E-state index is 6.70. The van der Waals surface area contributed by atoms with Gasteiger partial charge in [0.25, 0.3) is 0 Å². The summed E-state index contributed by atoms with van der Waals surface area (Å²) in [5, 5.41) is 7.53. The molecule has 1 atom stereocenters. The van der Waals surface area contributed by atoms with Crippen LogP contribution in [0.3, 0.4) is 0 Å². The molecule has 1 fully saturated rings. The standard InChI is InChI=1S/C28H28N2O/c1-20-15-17-28(18-16-20)30-26(24-9-5-6-10-27(24)31-28)19-25(29-30)23-13-11-22(12-14-23)21-7-3-2-4-8-21/h2-14,20,26H,15-19H2,1H3. The fourth-order valence-corrected chi connectivity index (χ4v) is 5.43. The zero-order chi connectivity index (χ0) is 20.8. The van der Waals surface area contributed by atoms with E-state index in [0.29, 0.717) is 0 Å². The van der Waals surface area contributed by atoms with Gasteiger partial charge in [0.1, 0.15) is 5.75 Å². The molecule has 2 heterocycles. The van der Waals surface area contributed by atoms with Crippen LogP contribution in [0.1, 0.15) is 56.2 Å². The summed E-state index contributed by atoms with van der Waals surface area (Å²) in [6.07, 6.45) is 5.41. The van der Waals surface area contributed by atoms with Gasteiger partial charge >= 0.3 is 0 Å². The van der Waals surface area contributed by atoms with E-state index in [-0.39, 0.29) is 11.8 Å². The van der Waals surface area contributed by atoms with Gasteiger partial charge in [-0.2, -0.15) is 5.10 Å². The van der Waals surface area contributed by atoms with Gasteiger partial charge in [0.15, 0.2) is 5.72 Å². The normalized spacial score (nSPS) is 26.7. The summed E-state index contributed by atoms with van der Waals surface area (Å²) >= 11 is 0. The molecule has 3 aromatic rings. The van der Waals surface area contributed by atoms with Crippen molar-refractivity contribution < 1.29 is 4.74 Å². The molecule has 1 unspecified atom stereocenters. The topological polar surface area (TPSA) is 24.8 Å². The van der Waals surface area contributed by atoms with Gasteiger partial charge < -0.3 is 4.74 Å². The molecule has 0 saturated heterocycles. The van der Waals surface area contributed by atoms with Gasteiger partial charge in [0, 0.05) is 24.8 Å². The molecule has 156 valence electrons. The molecule has 3 heteroatoms. The van der Waals surface area contributed by atoms with Gasteiger partial charge in [-0.05, 0) is 41.5 Å². The molecule has 0 bridgehead atoms. The summed E-state index contributed by atoms with van der Waals surface area (Å²) in [7, 11) is 0. The summed E-state index contributed by atoms with van der Waals surface area (Å²) in [5.74, 6) is 1.82. The lowest BCUT2D eigenvalue weighted by Gasteiger charge is -2.50. The summed E-state index contributed by atoms with van der Waals surface area (Å²) < 4.78 is 6.70. The van der Waals surface area contributed by atoms with Gasteiger partial charge in [-0.1, -0.05) is 79.7 Å². The number of para-hydroxylation sites is 1. The smallest absolute Gasteiger partial charge is 0.198 e. The minimum Gasteiger partial charge on any atom is -0.466 e. The van der Waals surface area contributed by atoms with E-state index in [1.807, 2.05) is 0 Å². The van der Waals surface area contributed by atoms with Crippen LogP contribution in [0, 0.1) is 5.92 Å². The van der Waals surface area contributed by atoms with E-state index in [1.54, 1.807) is 0 Å². The van der Waals surface area contributed by atoms with E-state index >= 15 is 0 Å². The molecule has 1 aliphatic carbocycles. The predicted octanol–water partition coefficient (Wildman–Crippen LogP) is 6.80. The largest absolute Gasteiger partial charge is 0.466 e. The molecular weight excluding hydrogens is 380 g/mol. The molecule has 3 aromatic carbocycles. The molecule has 6 rings (SSSR count). The number of fused-ring (bicyclic) bond motifs is 4. The van der Waals surface area contributed by atoms with E-state index in [1.165, 1.54) is 40.8 Å². The quantitative estimate of drug-likeness (QED) is 0.466. The molecule has 0 amide bonds. The first-order valence-electron chi connectivity index (χ1n) is 11.5. The highest BCUT2D eigenvalue weighted by Crippen LogP contribution is 2.51. The average molecular weight is 409 g/mol. The summed E-state index contributed by atoms with van der Waals surface area (Å²) in [5.41, 5.74) is 5.85. The van der Waals surface area contributed by atoms with E-state index in [9.17, 15) is 0 Å². The second-order valence-electron chi connectivity index (χ2n) is 9.32. The number of benzene rings is 3. The van der Waals surface area contributed by atoms with Crippen molar-refractivity contribution in [3.05, 3.63) is 90.0 Å². The Morgan fingerprint density at radius 1 is 0.806 bits per heavy atom. The van der Waals surface area contributed by atoms with E-state index < -0.39 is 0 Å². The molecule has 0 aromatic heterocycles. The van der Waals surface area contributed by atoms with Crippen LogP contribution in [-0.2, 0) is 0 Å². The van der Waals surface area contributed by atoms with Crippen molar-refractivity contribution in [2.75, 3.05) is 0 Å². The van der Waals surface area contributed by atoms with Crippen LogP contribution < -0.4 is 4.74 Å². The highest BCUT2D eigenvalue weighted by molar-refractivity contribution is 6.02. The highest BCUT2D eigenvalue weighted by Gasteiger charge is 2.51. The lowest BCUT2D eigenvalue weighted by Crippen LogP contribution is -2.55. The third-order valence-electron chi connectivity index (χ3n) is 7.29. The van der Waals surface area contributed by atoms with E-state index in [0.717, 1.165) is 30.9 Å². The lowest BCUT2D eigenvalue weighted by molar-refractivity contribution is -0.145. The number of hydrogen-bond donors (Lipinski definition) is 0. The van der Waals surface area contributed by atoms with Crippen LogP contribution in [0.25, 0.3) is 11.1 Å². The molecule has 3 aliphatic rings. The van der Waals surface area contributed by atoms with Crippen molar-refractivity contribution >= 4 is 5.71 Å². The monoisotopic (exact) mass is 408 g/mol. The van der Waals surface area contributed by atoms with Gasteiger partial charge in [-0.25, -0.2) is 5.01 Å². The molecule has 2 aliphatic heterocycles. The second-order valence-corrected chi connectivity index (χ2v) is 9.32. The number of nitrogens with zero attached hydrogens (tertiary/aromatic N) is 2. The first-order valence-corrected chi connectivity index (χ1v) is 11.5. The van der Waals surface area contributed by atoms with Crippen LogP contribution in [0.5, 0.6) is 5.75 Å². The van der Waals surface area contributed by atoms with Crippen molar-refractivity contribution in [2.24, 2.45) is 11.0 Å². The fourth-order valence-electron chi connectivity index (χ4n) is 5.43. The maximum atomic E-state index is 6.70. The molecule has 0 N–H and O–H groups in total. The van der Waals surface area contributed by atoms with Gasteiger partial charge in [0.2, 0.25) is 0 Å². The second kappa shape index (κ2) is 7.26. The number of hydrazone groups is 1. The first kappa shape index (κ1) is 18.7. The Morgan fingerprint density at radius 2 is 1.45 bits per heavy atom. The fraction of sp³-hybridized carbons (Fsp3) is 0.321. The van der Waals surface area contributed by atoms with Crippen molar-refractivity contribution in [3.8, 4) is 16.9 Å². The van der Waals surface area contributed by atoms with E-state index in [2.05, 4.69) is 90.8 Å². The zero-order valence-electron chi connectivity index (χ0n) is 18.0. The van der Waals surface area contributed by atoms with Gasteiger partial charge in [-0.3, -0.25) is 0 Å². The van der Waals surface area contributed by atoms with Crippen LogP contribution in [-0.4, -0.2) is 16.4 Å². The van der Waals surface area contributed by atoms with Crippen LogP contribution >= 0.6 is 0 Å². The third kappa shape index (κ3) is 3.15. The minimum atomic E-state index is -0.294. The predicted molar refractivity (Wildman–Crippen MR) is 125 cm³/mol.